The third-order valence-corrected chi connectivity index (χ3v) is 4.13. The number of likely N-dealkylation sites (N-methyl/N-ethyl adjacent to an activating group) is 1. The molecule has 2 aromatic carbocycles. The summed E-state index contributed by atoms with van der Waals surface area (Å²) < 4.78 is 43.1. The number of nitrogens with one attached hydrogen (secondary N) is 1. The summed E-state index contributed by atoms with van der Waals surface area (Å²) in [6.07, 6.45) is -4.35. The highest BCUT2D eigenvalue weighted by molar-refractivity contribution is 5.78. The topological polar surface area (TPSA) is 41.6 Å². The van der Waals surface area contributed by atoms with E-state index in [1.54, 1.807) is 19.1 Å². The van der Waals surface area contributed by atoms with Gasteiger partial charge < -0.3 is 10.1 Å². The minimum atomic E-state index is -4.35. The Morgan fingerprint density at radius 2 is 1.78 bits per heavy atom. The minimum Gasteiger partial charge on any atom is -0.496 e. The van der Waals surface area contributed by atoms with Crippen molar-refractivity contribution in [3.63, 3.8) is 0 Å². The van der Waals surface area contributed by atoms with Gasteiger partial charge in [0, 0.05) is 12.1 Å². The van der Waals surface area contributed by atoms with Gasteiger partial charge >= 0.3 is 6.18 Å². The maximum Gasteiger partial charge on any atom is 0.416 e. The molecule has 1 unspecified atom stereocenters. The van der Waals surface area contributed by atoms with Gasteiger partial charge in [0.1, 0.15) is 5.75 Å². The van der Waals surface area contributed by atoms with Crippen molar-refractivity contribution in [2.24, 2.45) is 0 Å². The second kappa shape index (κ2) is 8.90. The fraction of sp³-hybridized carbons (Fsp3) is 0.350. The number of hydrogen-bond donors (Lipinski definition) is 1. The number of carbonyl (C=O) groups excluding carboxylic acids is 1. The number of alkyl halides is 3. The molecular weight excluding hydrogens is 357 g/mol. The summed E-state index contributed by atoms with van der Waals surface area (Å²) in [6.45, 7) is 2.36. The Morgan fingerprint density at radius 3 is 2.37 bits per heavy atom. The van der Waals surface area contributed by atoms with Gasteiger partial charge in [0.15, 0.2) is 0 Å². The zero-order chi connectivity index (χ0) is 20.0. The first-order valence-electron chi connectivity index (χ1n) is 8.47. The van der Waals surface area contributed by atoms with Crippen molar-refractivity contribution in [2.45, 2.75) is 25.7 Å². The zero-order valence-corrected chi connectivity index (χ0v) is 15.5. The summed E-state index contributed by atoms with van der Waals surface area (Å²) in [5.74, 6) is 0.520. The molecule has 0 saturated heterocycles. The lowest BCUT2D eigenvalue weighted by molar-refractivity contribution is -0.137. The maximum atomic E-state index is 12.6. The van der Waals surface area contributed by atoms with Gasteiger partial charge in [-0.15, -0.1) is 0 Å². The van der Waals surface area contributed by atoms with Crippen LogP contribution in [0.1, 0.15) is 29.7 Å². The second-order valence-electron chi connectivity index (χ2n) is 6.40. The minimum absolute atomic E-state index is 0.126. The molecule has 4 nitrogen and oxygen atoms in total. The van der Waals surface area contributed by atoms with Crippen LogP contribution in [0.2, 0.25) is 0 Å². The average molecular weight is 380 g/mol. The highest BCUT2D eigenvalue weighted by atomic mass is 19.4. The van der Waals surface area contributed by atoms with E-state index >= 15 is 0 Å². The molecular formula is C20H23F3N2O2. The summed E-state index contributed by atoms with van der Waals surface area (Å²) in [6, 6.07) is 12.2. The molecule has 0 aromatic heterocycles. The normalized spacial score (nSPS) is 12.7. The smallest absolute Gasteiger partial charge is 0.416 e. The number of halogens is 3. The van der Waals surface area contributed by atoms with E-state index in [2.05, 4.69) is 5.32 Å². The molecule has 0 aliphatic carbocycles. The average Bonchev–Trinajstić information content (AvgIpc) is 2.61. The first-order valence-corrected chi connectivity index (χ1v) is 8.47. The van der Waals surface area contributed by atoms with E-state index in [-0.39, 0.29) is 18.5 Å². The number of amides is 1. The maximum absolute atomic E-state index is 12.6. The second-order valence-corrected chi connectivity index (χ2v) is 6.40. The molecule has 146 valence electrons. The summed E-state index contributed by atoms with van der Waals surface area (Å²) >= 11 is 0. The van der Waals surface area contributed by atoms with E-state index < -0.39 is 11.7 Å². The summed E-state index contributed by atoms with van der Waals surface area (Å²) in [5.41, 5.74) is 0.895. The standard InChI is InChI=1S/C20H23F3N2O2/c1-14(17-6-4-5-7-18(17)27-3)24-19(26)13-25(2)12-15-8-10-16(11-9-15)20(21,22)23/h4-11,14H,12-13H2,1-3H3,(H,24,26). The lowest BCUT2D eigenvalue weighted by Gasteiger charge is -2.20. The third-order valence-electron chi connectivity index (χ3n) is 4.13. The zero-order valence-electron chi connectivity index (χ0n) is 15.5. The van der Waals surface area contributed by atoms with Crippen molar-refractivity contribution >= 4 is 5.91 Å². The van der Waals surface area contributed by atoms with E-state index in [4.69, 9.17) is 4.74 Å². The Bertz CT molecular complexity index is 761. The summed E-state index contributed by atoms with van der Waals surface area (Å²) in [7, 11) is 3.32. The monoisotopic (exact) mass is 380 g/mol. The van der Waals surface area contributed by atoms with Crippen molar-refractivity contribution in [2.75, 3.05) is 20.7 Å². The highest BCUT2D eigenvalue weighted by Crippen LogP contribution is 2.29. The lowest BCUT2D eigenvalue weighted by atomic mass is 10.1. The van der Waals surface area contributed by atoms with Gasteiger partial charge in [-0.05, 0) is 37.7 Å². The number of methoxy groups -OCH3 is 1. The number of carbonyl (C=O) groups is 1. The number of ether oxygens (including phenoxy) is 1. The van der Waals surface area contributed by atoms with E-state index in [1.165, 1.54) is 12.1 Å². The molecule has 0 fully saturated rings. The van der Waals surface area contributed by atoms with Crippen LogP contribution >= 0.6 is 0 Å². The Labute approximate surface area is 156 Å². The van der Waals surface area contributed by atoms with Gasteiger partial charge in [0.25, 0.3) is 0 Å². The Kier molecular flexibility index (Phi) is 6.85. The quantitative estimate of drug-likeness (QED) is 0.789. The fourth-order valence-electron chi connectivity index (χ4n) is 2.80. The molecule has 0 saturated carbocycles. The first kappa shape index (κ1) is 20.8. The molecule has 2 aromatic rings. The molecule has 0 aliphatic heterocycles. The molecule has 1 N–H and O–H groups in total. The van der Waals surface area contributed by atoms with E-state index in [0.29, 0.717) is 17.9 Å². The number of para-hydroxylation sites is 1. The molecule has 0 spiro atoms. The SMILES string of the molecule is COc1ccccc1C(C)NC(=O)CN(C)Cc1ccc(C(F)(F)F)cc1. The van der Waals surface area contributed by atoms with Gasteiger partial charge in [0.2, 0.25) is 5.91 Å². The summed E-state index contributed by atoms with van der Waals surface area (Å²) in [5, 5.41) is 2.91. The van der Waals surface area contributed by atoms with Crippen LogP contribution in [0, 0.1) is 0 Å². The number of benzene rings is 2. The van der Waals surface area contributed by atoms with Crippen LogP contribution in [0.25, 0.3) is 0 Å². The Balaban J connectivity index is 1.90. The van der Waals surface area contributed by atoms with Crippen molar-refractivity contribution in [1.82, 2.24) is 10.2 Å². The van der Waals surface area contributed by atoms with Gasteiger partial charge in [-0.25, -0.2) is 0 Å². The van der Waals surface area contributed by atoms with E-state index in [9.17, 15) is 18.0 Å². The molecule has 0 heterocycles. The summed E-state index contributed by atoms with van der Waals surface area (Å²) in [4.78, 5) is 14.0. The largest absolute Gasteiger partial charge is 0.496 e. The van der Waals surface area contributed by atoms with Crippen LogP contribution in [-0.2, 0) is 17.5 Å². The van der Waals surface area contributed by atoms with Crippen LogP contribution in [-0.4, -0.2) is 31.5 Å². The van der Waals surface area contributed by atoms with Gasteiger partial charge in [-0.2, -0.15) is 13.2 Å². The van der Waals surface area contributed by atoms with Crippen LogP contribution < -0.4 is 10.1 Å². The molecule has 7 heteroatoms. The molecule has 2 rings (SSSR count). The Hall–Kier alpha value is -2.54. The van der Waals surface area contributed by atoms with Crippen LogP contribution in [0.15, 0.2) is 48.5 Å². The lowest BCUT2D eigenvalue weighted by Crippen LogP contribution is -2.36. The first-order chi connectivity index (χ1) is 12.7. The van der Waals surface area contributed by atoms with Crippen molar-refractivity contribution < 1.29 is 22.7 Å². The molecule has 0 aliphatic rings. The van der Waals surface area contributed by atoms with E-state index in [0.717, 1.165) is 17.7 Å². The number of nitrogens with zero attached hydrogens (tertiary/aromatic N) is 1. The Morgan fingerprint density at radius 1 is 1.15 bits per heavy atom. The number of hydrogen-bond acceptors (Lipinski definition) is 3. The van der Waals surface area contributed by atoms with Crippen LogP contribution in [0.3, 0.4) is 0 Å². The van der Waals surface area contributed by atoms with E-state index in [1.807, 2.05) is 31.2 Å². The predicted molar refractivity (Wildman–Crippen MR) is 97.3 cm³/mol. The predicted octanol–water partition coefficient (Wildman–Crippen LogP) is 4.02. The molecule has 0 bridgehead atoms. The molecule has 0 radical (unpaired) electrons. The van der Waals surface area contributed by atoms with Crippen LogP contribution in [0.4, 0.5) is 13.2 Å². The van der Waals surface area contributed by atoms with Gasteiger partial charge in [-0.1, -0.05) is 30.3 Å². The molecule has 27 heavy (non-hydrogen) atoms. The van der Waals surface area contributed by atoms with Crippen molar-refractivity contribution in [3.05, 3.63) is 65.2 Å². The van der Waals surface area contributed by atoms with Crippen LogP contribution in [0.5, 0.6) is 5.75 Å². The molecule has 1 atom stereocenters. The van der Waals surface area contributed by atoms with Crippen molar-refractivity contribution in [3.8, 4) is 5.75 Å². The fourth-order valence-corrected chi connectivity index (χ4v) is 2.80. The number of rotatable bonds is 7. The third kappa shape index (κ3) is 5.99. The van der Waals surface area contributed by atoms with Gasteiger partial charge in [-0.3, -0.25) is 9.69 Å². The van der Waals surface area contributed by atoms with Crippen molar-refractivity contribution in [1.29, 1.82) is 0 Å². The highest BCUT2D eigenvalue weighted by Gasteiger charge is 2.29. The molecule has 1 amide bonds. The van der Waals surface area contributed by atoms with Gasteiger partial charge in [0.05, 0.1) is 25.3 Å².